The molecule has 10 atom stereocenters. The zero-order valence-electron chi connectivity index (χ0n) is 22.2. The molecule has 0 unspecified atom stereocenters. The fourth-order valence-electron chi connectivity index (χ4n) is 11.1. The minimum Gasteiger partial charge on any atom is -0.298 e. The van der Waals surface area contributed by atoms with Gasteiger partial charge in [0.05, 0.1) is 4.83 Å². The summed E-state index contributed by atoms with van der Waals surface area (Å²) in [6.45, 7) is 20.6. The Balaban J connectivity index is 1.55. The number of rotatable bonds is 0. The summed E-state index contributed by atoms with van der Waals surface area (Å²) >= 11 is 3.83. The van der Waals surface area contributed by atoms with Crippen LogP contribution in [-0.2, 0) is 4.79 Å². The number of hydrogen-bond donors (Lipinski definition) is 0. The van der Waals surface area contributed by atoms with E-state index in [0.717, 1.165) is 18.3 Å². The Labute approximate surface area is 206 Å². The number of fused-ring (bicyclic) bond motifs is 7. The molecule has 0 heterocycles. The average Bonchev–Trinajstić information content (AvgIpc) is 2.72. The summed E-state index contributed by atoms with van der Waals surface area (Å²) in [5.74, 6) is 3.00. The molecule has 5 saturated carbocycles. The van der Waals surface area contributed by atoms with Crippen molar-refractivity contribution in [2.45, 2.75) is 124 Å². The SMILES string of the molecule is C[C@H]1C(=O)[C@@H](Br)C[C@@H]2[C@]1(C)CC[C@@H]1[C@]2(C)CC[C@@]2(C)[C@H]3CC(C)(C)CC[C@]3(C)CC[C@]12C. The maximum absolute atomic E-state index is 13.0. The summed E-state index contributed by atoms with van der Waals surface area (Å²) in [5, 5.41) is 0. The molecule has 0 aliphatic heterocycles. The Morgan fingerprint density at radius 1 is 0.719 bits per heavy atom. The average molecular weight is 506 g/mol. The van der Waals surface area contributed by atoms with E-state index in [9.17, 15) is 4.79 Å². The lowest BCUT2D eigenvalue weighted by molar-refractivity contribution is -0.256. The van der Waals surface area contributed by atoms with Gasteiger partial charge in [0.1, 0.15) is 5.78 Å². The van der Waals surface area contributed by atoms with Gasteiger partial charge in [0, 0.05) is 5.92 Å². The maximum Gasteiger partial charge on any atom is 0.149 e. The van der Waals surface area contributed by atoms with Crippen LogP contribution in [0.15, 0.2) is 0 Å². The van der Waals surface area contributed by atoms with Crippen LogP contribution in [0.4, 0.5) is 0 Å². The van der Waals surface area contributed by atoms with E-state index in [1.807, 2.05) is 0 Å². The zero-order valence-corrected chi connectivity index (χ0v) is 23.8. The summed E-state index contributed by atoms with van der Waals surface area (Å²) in [6, 6.07) is 0. The smallest absolute Gasteiger partial charge is 0.149 e. The molecule has 32 heavy (non-hydrogen) atoms. The highest BCUT2D eigenvalue weighted by Crippen LogP contribution is 2.78. The Morgan fingerprint density at radius 2 is 1.31 bits per heavy atom. The van der Waals surface area contributed by atoms with E-state index in [1.54, 1.807) is 0 Å². The standard InChI is InChI=1S/C30H49BrO/c1-19-24(32)20(31)17-22-27(19,5)10-9-21-28(22,6)14-16-30(8)23-18-25(2,3)11-12-26(23,4)13-15-29(21,30)7/h19-23H,9-18H2,1-8H3/t19-,20-,21+,22+,23-,26+,27+,28-,29+,30-/m0/s1. The van der Waals surface area contributed by atoms with Gasteiger partial charge in [-0.2, -0.15) is 0 Å². The van der Waals surface area contributed by atoms with Crippen LogP contribution in [-0.4, -0.2) is 10.6 Å². The normalized spacial score (nSPS) is 59.4. The van der Waals surface area contributed by atoms with Crippen LogP contribution in [0.1, 0.15) is 120 Å². The Kier molecular flexibility index (Phi) is 5.13. The molecular weight excluding hydrogens is 456 g/mol. The van der Waals surface area contributed by atoms with E-state index in [4.69, 9.17) is 0 Å². The van der Waals surface area contributed by atoms with Crippen LogP contribution in [0.25, 0.3) is 0 Å². The van der Waals surface area contributed by atoms with Crippen molar-refractivity contribution in [3.05, 3.63) is 0 Å². The lowest BCUT2D eigenvalue weighted by Gasteiger charge is -2.75. The van der Waals surface area contributed by atoms with E-state index >= 15 is 0 Å². The minimum absolute atomic E-state index is 0.0704. The largest absolute Gasteiger partial charge is 0.298 e. The number of carbonyl (C=O) groups excluding carboxylic acids is 1. The molecule has 5 rings (SSSR count). The summed E-state index contributed by atoms with van der Waals surface area (Å²) < 4.78 is 0. The van der Waals surface area contributed by atoms with Gasteiger partial charge in [-0.3, -0.25) is 4.79 Å². The molecule has 0 aromatic carbocycles. The highest BCUT2D eigenvalue weighted by atomic mass is 79.9. The van der Waals surface area contributed by atoms with E-state index in [1.165, 1.54) is 57.8 Å². The molecule has 0 aromatic heterocycles. The van der Waals surface area contributed by atoms with Gasteiger partial charge in [0.25, 0.3) is 0 Å². The molecule has 0 amide bonds. The van der Waals surface area contributed by atoms with Crippen molar-refractivity contribution in [1.29, 1.82) is 0 Å². The third kappa shape index (κ3) is 2.83. The topological polar surface area (TPSA) is 17.1 Å². The number of carbonyl (C=O) groups is 1. The third-order valence-corrected chi connectivity index (χ3v) is 14.6. The first-order valence-corrected chi connectivity index (χ1v) is 14.7. The number of ketones is 1. The third-order valence-electron chi connectivity index (χ3n) is 13.7. The summed E-state index contributed by atoms with van der Waals surface area (Å²) in [4.78, 5) is 13.1. The zero-order chi connectivity index (χ0) is 23.5. The lowest BCUT2D eigenvalue weighted by Crippen LogP contribution is -2.68. The number of Topliss-reactive ketones (excluding diaryl/α,β-unsaturated/α-hetero) is 1. The molecule has 0 radical (unpaired) electrons. The van der Waals surface area contributed by atoms with Crippen molar-refractivity contribution in [2.75, 3.05) is 0 Å². The summed E-state index contributed by atoms with van der Waals surface area (Å²) in [7, 11) is 0. The van der Waals surface area contributed by atoms with Crippen molar-refractivity contribution in [1.82, 2.24) is 0 Å². The van der Waals surface area contributed by atoms with Gasteiger partial charge in [0.2, 0.25) is 0 Å². The number of halogens is 1. The van der Waals surface area contributed by atoms with Crippen LogP contribution in [0.5, 0.6) is 0 Å². The van der Waals surface area contributed by atoms with Gasteiger partial charge in [0.15, 0.2) is 0 Å². The molecule has 5 fully saturated rings. The van der Waals surface area contributed by atoms with Gasteiger partial charge < -0.3 is 0 Å². The van der Waals surface area contributed by atoms with Crippen molar-refractivity contribution in [3.8, 4) is 0 Å². The highest BCUT2D eigenvalue weighted by molar-refractivity contribution is 9.10. The first kappa shape index (κ1) is 23.9. The van der Waals surface area contributed by atoms with Crippen LogP contribution >= 0.6 is 15.9 Å². The highest BCUT2D eigenvalue weighted by Gasteiger charge is 2.71. The number of alkyl halides is 1. The fraction of sp³-hybridized carbons (Fsp3) is 0.967. The number of hydrogen-bond acceptors (Lipinski definition) is 1. The second-order valence-corrected chi connectivity index (χ2v) is 16.5. The molecule has 5 aliphatic carbocycles. The lowest BCUT2D eigenvalue weighted by atomic mass is 9.30. The molecule has 0 bridgehead atoms. The van der Waals surface area contributed by atoms with E-state index in [2.05, 4.69) is 71.3 Å². The second-order valence-electron chi connectivity index (χ2n) is 15.4. The first-order chi connectivity index (χ1) is 14.6. The first-order valence-electron chi connectivity index (χ1n) is 13.8. The Bertz CT molecular complexity index is 818. The van der Waals surface area contributed by atoms with Gasteiger partial charge in [-0.1, -0.05) is 71.3 Å². The Hall–Kier alpha value is 0.150. The molecule has 2 heteroatoms. The molecular formula is C30H49BrO. The van der Waals surface area contributed by atoms with Gasteiger partial charge in [-0.15, -0.1) is 0 Å². The van der Waals surface area contributed by atoms with Crippen LogP contribution in [0.3, 0.4) is 0 Å². The summed E-state index contributed by atoms with van der Waals surface area (Å²) in [6.07, 6.45) is 13.6. The summed E-state index contributed by atoms with van der Waals surface area (Å²) in [5.41, 5.74) is 2.50. The Morgan fingerprint density at radius 3 is 2.00 bits per heavy atom. The van der Waals surface area contributed by atoms with Crippen LogP contribution < -0.4 is 0 Å². The molecule has 1 nitrogen and oxygen atoms in total. The fourth-order valence-corrected chi connectivity index (χ4v) is 11.9. The van der Waals surface area contributed by atoms with Gasteiger partial charge in [-0.25, -0.2) is 0 Å². The molecule has 0 N–H and O–H groups in total. The second kappa shape index (κ2) is 6.88. The van der Waals surface area contributed by atoms with Crippen molar-refractivity contribution < 1.29 is 4.79 Å². The van der Waals surface area contributed by atoms with Crippen molar-refractivity contribution in [2.24, 2.45) is 56.2 Å². The van der Waals surface area contributed by atoms with E-state index in [-0.39, 0.29) is 16.2 Å². The quantitative estimate of drug-likeness (QED) is 0.301. The monoisotopic (exact) mass is 504 g/mol. The van der Waals surface area contributed by atoms with Gasteiger partial charge >= 0.3 is 0 Å². The van der Waals surface area contributed by atoms with Crippen LogP contribution in [0.2, 0.25) is 0 Å². The predicted molar refractivity (Wildman–Crippen MR) is 138 cm³/mol. The van der Waals surface area contributed by atoms with E-state index < -0.39 is 0 Å². The van der Waals surface area contributed by atoms with Crippen LogP contribution in [0, 0.1) is 56.2 Å². The van der Waals surface area contributed by atoms with Crippen molar-refractivity contribution >= 4 is 21.7 Å². The molecule has 0 saturated heterocycles. The maximum atomic E-state index is 13.0. The van der Waals surface area contributed by atoms with E-state index in [0.29, 0.717) is 38.8 Å². The molecule has 182 valence electrons. The van der Waals surface area contributed by atoms with Gasteiger partial charge in [-0.05, 0) is 114 Å². The molecule has 0 aromatic rings. The predicted octanol–water partition coefficient (Wildman–Crippen LogP) is 8.83. The van der Waals surface area contributed by atoms with Crippen molar-refractivity contribution in [3.63, 3.8) is 0 Å². The molecule has 5 aliphatic rings. The molecule has 0 spiro atoms. The minimum atomic E-state index is 0.0704.